The molecule has 2 aliphatic heterocycles. The van der Waals surface area contributed by atoms with Gasteiger partial charge < -0.3 is 26.2 Å². The van der Waals surface area contributed by atoms with Gasteiger partial charge in [0.2, 0.25) is 0 Å². The minimum atomic E-state index is -0.0949. The standard InChI is InChI=1S/C29H39Cl2N5OS/c1-38-17-12-26-20-36(16-15-33-26)28(19-25-4-2-3-13-32-25)35-24-9-6-22(7-10-24)29(37)34-14-11-21-5-8-23(30)18-27(21)31/h5-10,18-19,25-26,32-33,35H,2-4,11-17,20H2,1H3,(H,34,37)/b28-19-/t25?,26-/m0/s1. The number of piperidine rings is 1. The summed E-state index contributed by atoms with van der Waals surface area (Å²) in [4.78, 5) is 15.2. The number of rotatable bonds is 11. The molecule has 4 rings (SSSR count). The predicted octanol–water partition coefficient (Wildman–Crippen LogP) is 5.39. The van der Waals surface area contributed by atoms with Gasteiger partial charge in [0, 0.05) is 59.6 Å². The summed E-state index contributed by atoms with van der Waals surface area (Å²) in [6.07, 6.45) is 10.0. The molecule has 4 N–H and O–H groups in total. The van der Waals surface area contributed by atoms with Crippen molar-refractivity contribution < 1.29 is 4.79 Å². The number of benzene rings is 2. The number of hydrogen-bond acceptors (Lipinski definition) is 6. The summed E-state index contributed by atoms with van der Waals surface area (Å²) < 4.78 is 0. The van der Waals surface area contributed by atoms with E-state index in [0.717, 1.165) is 49.7 Å². The Morgan fingerprint density at radius 1 is 1.13 bits per heavy atom. The Morgan fingerprint density at radius 2 is 1.97 bits per heavy atom. The summed E-state index contributed by atoms with van der Waals surface area (Å²) in [5, 5.41) is 15.2. The number of halogens is 2. The maximum atomic E-state index is 12.7. The van der Waals surface area contributed by atoms with Crippen LogP contribution in [0.5, 0.6) is 0 Å². The SMILES string of the molecule is CSCC[C@H]1CN(/C(=C\C2CCCCN2)Nc2ccc(C(=O)NCCc3ccc(Cl)cc3Cl)cc2)CCN1. The number of piperazine rings is 1. The third kappa shape index (κ3) is 8.82. The molecule has 2 fully saturated rings. The Morgan fingerprint density at radius 3 is 2.71 bits per heavy atom. The average molecular weight is 577 g/mol. The van der Waals surface area contributed by atoms with Crippen LogP contribution in [-0.4, -0.2) is 67.6 Å². The highest BCUT2D eigenvalue weighted by Crippen LogP contribution is 2.22. The molecule has 0 radical (unpaired) electrons. The van der Waals surface area contributed by atoms with Gasteiger partial charge in [-0.15, -0.1) is 0 Å². The Bertz CT molecular complexity index is 1080. The summed E-state index contributed by atoms with van der Waals surface area (Å²) in [7, 11) is 0. The normalized spacial score (nSPS) is 20.3. The molecule has 0 spiro atoms. The second kappa shape index (κ2) is 15.0. The van der Waals surface area contributed by atoms with E-state index < -0.39 is 0 Å². The molecule has 1 unspecified atom stereocenters. The minimum Gasteiger partial charge on any atom is -0.356 e. The van der Waals surface area contributed by atoms with E-state index in [1.807, 2.05) is 48.2 Å². The van der Waals surface area contributed by atoms with Crippen molar-refractivity contribution in [3.8, 4) is 0 Å². The lowest BCUT2D eigenvalue weighted by atomic mass is 10.0. The molecule has 2 aromatic rings. The molecular formula is C29H39Cl2N5OS. The quantitative estimate of drug-likeness (QED) is 0.288. The molecule has 206 valence electrons. The summed E-state index contributed by atoms with van der Waals surface area (Å²) in [6, 6.07) is 14.0. The number of anilines is 1. The zero-order valence-corrected chi connectivity index (χ0v) is 24.4. The lowest BCUT2D eigenvalue weighted by Gasteiger charge is -2.38. The average Bonchev–Trinajstić information content (AvgIpc) is 2.94. The van der Waals surface area contributed by atoms with Crippen molar-refractivity contribution in [3.63, 3.8) is 0 Å². The molecule has 6 nitrogen and oxygen atoms in total. The van der Waals surface area contributed by atoms with Gasteiger partial charge in [0.25, 0.3) is 5.91 Å². The summed E-state index contributed by atoms with van der Waals surface area (Å²) in [6.45, 7) is 4.52. The molecule has 9 heteroatoms. The molecule has 1 amide bonds. The van der Waals surface area contributed by atoms with Crippen LogP contribution in [0, 0.1) is 0 Å². The van der Waals surface area contributed by atoms with E-state index in [2.05, 4.69) is 38.5 Å². The molecule has 0 aromatic heterocycles. The van der Waals surface area contributed by atoms with Crippen molar-refractivity contribution in [3.05, 3.63) is 75.5 Å². The van der Waals surface area contributed by atoms with E-state index in [-0.39, 0.29) is 5.91 Å². The van der Waals surface area contributed by atoms with Crippen molar-refractivity contribution in [1.82, 2.24) is 20.9 Å². The number of thioether (sulfide) groups is 1. The van der Waals surface area contributed by atoms with E-state index in [1.165, 1.54) is 25.0 Å². The first-order valence-electron chi connectivity index (χ1n) is 13.5. The van der Waals surface area contributed by atoms with Crippen molar-refractivity contribution in [2.75, 3.05) is 50.0 Å². The van der Waals surface area contributed by atoms with Crippen LogP contribution in [-0.2, 0) is 6.42 Å². The highest BCUT2D eigenvalue weighted by molar-refractivity contribution is 7.98. The number of amides is 1. The van der Waals surface area contributed by atoms with Crippen LogP contribution in [0.25, 0.3) is 0 Å². The zero-order valence-electron chi connectivity index (χ0n) is 22.1. The van der Waals surface area contributed by atoms with Crippen LogP contribution in [0.2, 0.25) is 10.0 Å². The molecule has 2 heterocycles. The van der Waals surface area contributed by atoms with Gasteiger partial charge in [0.15, 0.2) is 0 Å². The van der Waals surface area contributed by atoms with Gasteiger partial charge in [-0.05, 0) is 92.3 Å². The van der Waals surface area contributed by atoms with Crippen LogP contribution in [0.15, 0.2) is 54.4 Å². The van der Waals surface area contributed by atoms with E-state index >= 15 is 0 Å². The molecule has 38 heavy (non-hydrogen) atoms. The van der Waals surface area contributed by atoms with Crippen LogP contribution in [0.4, 0.5) is 5.69 Å². The second-order valence-electron chi connectivity index (χ2n) is 9.93. The number of carbonyl (C=O) groups excluding carboxylic acids is 1. The smallest absolute Gasteiger partial charge is 0.251 e. The Balaban J connectivity index is 1.37. The van der Waals surface area contributed by atoms with Gasteiger partial charge in [-0.1, -0.05) is 35.7 Å². The van der Waals surface area contributed by atoms with Crippen LogP contribution >= 0.6 is 35.0 Å². The number of nitrogens with one attached hydrogen (secondary N) is 4. The first kappa shape index (κ1) is 29.1. The molecule has 0 saturated carbocycles. The van der Waals surface area contributed by atoms with E-state index in [9.17, 15) is 4.79 Å². The lowest BCUT2D eigenvalue weighted by Crippen LogP contribution is -2.51. The minimum absolute atomic E-state index is 0.0949. The van der Waals surface area contributed by atoms with Crippen molar-refractivity contribution >= 4 is 46.6 Å². The van der Waals surface area contributed by atoms with Gasteiger partial charge in [0.05, 0.1) is 0 Å². The van der Waals surface area contributed by atoms with E-state index in [4.69, 9.17) is 23.2 Å². The van der Waals surface area contributed by atoms with Crippen LogP contribution < -0.4 is 21.3 Å². The Labute approximate surface area is 241 Å². The Hall–Kier alpha value is -1.90. The zero-order chi connectivity index (χ0) is 26.7. The predicted molar refractivity (Wildman–Crippen MR) is 163 cm³/mol. The fourth-order valence-corrected chi connectivity index (χ4v) is 5.95. The maximum Gasteiger partial charge on any atom is 0.251 e. The third-order valence-electron chi connectivity index (χ3n) is 7.09. The summed E-state index contributed by atoms with van der Waals surface area (Å²) >= 11 is 14.1. The number of carbonyl (C=O) groups is 1. The number of nitrogens with zero attached hydrogens (tertiary/aromatic N) is 1. The second-order valence-corrected chi connectivity index (χ2v) is 11.8. The third-order valence-corrected chi connectivity index (χ3v) is 8.32. The van der Waals surface area contributed by atoms with Gasteiger partial charge in [-0.2, -0.15) is 11.8 Å². The summed E-state index contributed by atoms with van der Waals surface area (Å²) in [5.41, 5.74) is 2.58. The fraction of sp³-hybridized carbons (Fsp3) is 0.483. The topological polar surface area (TPSA) is 68.4 Å². The van der Waals surface area contributed by atoms with E-state index in [1.54, 1.807) is 6.07 Å². The van der Waals surface area contributed by atoms with Crippen molar-refractivity contribution in [2.24, 2.45) is 0 Å². The van der Waals surface area contributed by atoms with Crippen LogP contribution in [0.1, 0.15) is 41.6 Å². The molecule has 0 aliphatic carbocycles. The molecular weight excluding hydrogens is 537 g/mol. The molecule has 0 bridgehead atoms. The fourth-order valence-electron chi connectivity index (χ4n) is 4.93. The van der Waals surface area contributed by atoms with E-state index in [0.29, 0.717) is 40.7 Å². The maximum absolute atomic E-state index is 12.7. The van der Waals surface area contributed by atoms with Crippen molar-refractivity contribution in [2.45, 2.75) is 44.2 Å². The van der Waals surface area contributed by atoms with Gasteiger partial charge in [0.1, 0.15) is 5.82 Å². The number of hydrogen-bond donors (Lipinski definition) is 4. The molecule has 2 saturated heterocycles. The van der Waals surface area contributed by atoms with Gasteiger partial charge >= 0.3 is 0 Å². The Kier molecular flexibility index (Phi) is 11.5. The first-order chi connectivity index (χ1) is 18.5. The summed E-state index contributed by atoms with van der Waals surface area (Å²) in [5.74, 6) is 2.22. The lowest BCUT2D eigenvalue weighted by molar-refractivity contribution is 0.0954. The van der Waals surface area contributed by atoms with Gasteiger partial charge in [-0.25, -0.2) is 0 Å². The molecule has 2 aromatic carbocycles. The largest absolute Gasteiger partial charge is 0.356 e. The monoisotopic (exact) mass is 575 g/mol. The molecule has 2 aliphatic rings. The first-order valence-corrected chi connectivity index (χ1v) is 15.7. The molecule has 2 atom stereocenters. The highest BCUT2D eigenvalue weighted by Gasteiger charge is 2.22. The van der Waals surface area contributed by atoms with Crippen LogP contribution in [0.3, 0.4) is 0 Å². The van der Waals surface area contributed by atoms with Crippen molar-refractivity contribution in [1.29, 1.82) is 0 Å². The highest BCUT2D eigenvalue weighted by atomic mass is 35.5. The van der Waals surface area contributed by atoms with Gasteiger partial charge in [-0.3, -0.25) is 4.79 Å².